The molecule has 0 bridgehead atoms. The van der Waals surface area contributed by atoms with Crippen molar-refractivity contribution in [2.45, 2.75) is 136 Å². The number of fused-ring (bicyclic) bond motifs is 5. The van der Waals surface area contributed by atoms with Gasteiger partial charge in [0.25, 0.3) is 0 Å². The van der Waals surface area contributed by atoms with Gasteiger partial charge in [0.2, 0.25) is 6.79 Å². The molecule has 13 nitrogen and oxygen atoms in total. The highest BCUT2D eigenvalue weighted by atomic mass is 31.2. The molecule has 0 heterocycles. The number of ether oxygens (including phenoxy) is 5. The van der Waals surface area contributed by atoms with Gasteiger partial charge in [-0.15, -0.1) is 0 Å². The van der Waals surface area contributed by atoms with Crippen molar-refractivity contribution in [3.63, 3.8) is 0 Å². The fourth-order valence-corrected chi connectivity index (χ4v) is 15.2. The molecule has 0 aromatic heterocycles. The van der Waals surface area contributed by atoms with Crippen LogP contribution in [-0.2, 0) is 78.1 Å². The lowest BCUT2D eigenvalue weighted by molar-refractivity contribution is -0.177. The minimum Gasteiger partial charge on any atom is -0.461 e. The van der Waals surface area contributed by atoms with E-state index in [2.05, 4.69) is 20.8 Å². The number of aliphatic hydroxyl groups is 1. The van der Waals surface area contributed by atoms with Crippen LogP contribution in [0.5, 0.6) is 0 Å². The number of rotatable bonds is 23. The first-order valence-electron chi connectivity index (χ1n) is 26.7. The maximum absolute atomic E-state index is 14.5. The summed E-state index contributed by atoms with van der Waals surface area (Å²) >= 11 is 0. The molecule has 11 atom stereocenters. The largest absolute Gasteiger partial charge is 0.511 e. The first-order chi connectivity index (χ1) is 35.7. The van der Waals surface area contributed by atoms with Crippen molar-refractivity contribution >= 4 is 31.7 Å². The van der Waals surface area contributed by atoms with Crippen LogP contribution in [-0.4, -0.2) is 54.3 Å². The Labute approximate surface area is 436 Å². The molecule has 4 aliphatic carbocycles. The highest BCUT2D eigenvalue weighted by Crippen LogP contribution is 2.68. The molecule has 4 aromatic rings. The zero-order valence-electron chi connectivity index (χ0n) is 43.3. The van der Waals surface area contributed by atoms with Crippen molar-refractivity contribution in [2.24, 2.45) is 52.3 Å². The van der Waals surface area contributed by atoms with E-state index in [1.165, 1.54) is 0 Å². The van der Waals surface area contributed by atoms with Crippen molar-refractivity contribution in [3.8, 4) is 0 Å². The second kappa shape index (κ2) is 25.5. The van der Waals surface area contributed by atoms with Crippen molar-refractivity contribution in [3.05, 3.63) is 144 Å². The summed E-state index contributed by atoms with van der Waals surface area (Å²) in [5.74, 6) is -0.640. The molecule has 0 spiro atoms. The predicted molar refractivity (Wildman–Crippen MR) is 277 cm³/mol. The normalized spacial score (nSPS) is 27.0. The molecular formula is C60H75O13P. The van der Waals surface area contributed by atoms with Gasteiger partial charge < -0.3 is 37.8 Å². The fraction of sp³-hybridized carbons (Fsp3) is 0.533. The Balaban J connectivity index is 0.803. The second-order valence-corrected chi connectivity index (χ2v) is 24.0. The molecule has 8 rings (SSSR count). The molecule has 0 aliphatic heterocycles. The van der Waals surface area contributed by atoms with Gasteiger partial charge in [-0.1, -0.05) is 142 Å². The first-order valence-corrected chi connectivity index (χ1v) is 28.5. The zero-order chi connectivity index (χ0) is 52.1. The highest BCUT2D eigenvalue weighted by molar-refractivity contribution is 7.53. The Hall–Kier alpha value is -5.33. The second-order valence-electron chi connectivity index (χ2n) is 21.9. The van der Waals surface area contributed by atoms with Crippen molar-refractivity contribution in [1.29, 1.82) is 0 Å². The number of hydrogen-bond donors (Lipinski definition) is 1. The quantitative estimate of drug-likeness (QED) is 0.0322. The summed E-state index contributed by atoms with van der Waals surface area (Å²) in [6.45, 7) is 6.64. The number of carbonyl (C=O) groups excluding carboxylic acids is 4. The van der Waals surface area contributed by atoms with Crippen LogP contribution in [0.1, 0.15) is 120 Å². The summed E-state index contributed by atoms with van der Waals surface area (Å²) in [4.78, 5) is 52.6. The summed E-state index contributed by atoms with van der Waals surface area (Å²) in [6.07, 6.45) is 5.79. The van der Waals surface area contributed by atoms with E-state index >= 15 is 0 Å². The molecule has 74 heavy (non-hydrogen) atoms. The third kappa shape index (κ3) is 14.1. The lowest BCUT2D eigenvalue weighted by Gasteiger charge is -2.62. The van der Waals surface area contributed by atoms with Crippen LogP contribution in [0.15, 0.2) is 121 Å². The minimum absolute atomic E-state index is 0.00164. The molecular weight excluding hydrogens is 960 g/mol. The van der Waals surface area contributed by atoms with Crippen LogP contribution in [0, 0.1) is 52.3 Å². The zero-order valence-corrected chi connectivity index (χ0v) is 44.2. The molecule has 4 aromatic carbocycles. The summed E-state index contributed by atoms with van der Waals surface area (Å²) < 4.78 is 54.1. The molecule has 14 heteroatoms. The van der Waals surface area contributed by atoms with Gasteiger partial charge in [0.15, 0.2) is 0 Å². The van der Waals surface area contributed by atoms with E-state index < -0.39 is 50.6 Å². The third-order valence-corrected chi connectivity index (χ3v) is 19.3. The SMILES string of the molecule is C[C@H](CCC(=O)OCc1ccccc1)C1CCC2C3C(CC[C@@]21C)[C@@]1(C)CC[C@@H](OC(=O)OCOC(=O)CCC(CP(=O)(OCc2ccccc2)OCc2ccccc2)C(=O)OCc2ccccc2)C[C@H]1C[C@@H]3O. The van der Waals surface area contributed by atoms with Crippen molar-refractivity contribution in [1.82, 2.24) is 0 Å². The smallest absolute Gasteiger partial charge is 0.461 e. The lowest BCUT2D eigenvalue weighted by atomic mass is 9.43. The van der Waals surface area contributed by atoms with Gasteiger partial charge in [0, 0.05) is 12.8 Å². The van der Waals surface area contributed by atoms with Gasteiger partial charge in [0.05, 0.1) is 31.4 Å². The first kappa shape index (κ1) is 54.9. The van der Waals surface area contributed by atoms with Crippen molar-refractivity contribution in [2.75, 3.05) is 13.0 Å². The topological polar surface area (TPSA) is 170 Å². The number of benzene rings is 4. The van der Waals surface area contributed by atoms with Crippen molar-refractivity contribution < 1.29 is 61.6 Å². The standard InChI is InChI=1S/C60H75O13P/c1-42(24-28-54(62)67-36-43-16-8-4-9-17-43)50-26-27-51-56-52(31-33-60(50,51)3)59(2)32-30-49(34-48(59)35-53(56)61)73-58(65)70-41-69-55(63)29-25-47(57(64)68-37-44-18-10-5-11-19-44)40-74(66,71-38-45-20-12-6-13-21-45)72-39-46-22-14-7-15-23-46/h4-23,42,47-53,56,61H,24-41H2,1-3H3/t42-,47?,48+,49-,50?,51?,52?,53+,56?,59+,60-/m1/s1. The molecule has 5 unspecified atom stereocenters. The van der Waals surface area contributed by atoms with Crippen LogP contribution < -0.4 is 0 Å². The van der Waals surface area contributed by atoms with Gasteiger partial charge >= 0.3 is 31.7 Å². The summed E-state index contributed by atoms with van der Waals surface area (Å²) in [7, 11) is -3.98. The number of hydrogen-bond acceptors (Lipinski definition) is 13. The lowest BCUT2D eigenvalue weighted by Crippen LogP contribution is -2.58. The Morgan fingerprint density at radius 1 is 0.608 bits per heavy atom. The average Bonchev–Trinajstić information content (AvgIpc) is 3.80. The van der Waals surface area contributed by atoms with Crippen LogP contribution in [0.2, 0.25) is 0 Å². The molecule has 1 N–H and O–H groups in total. The minimum atomic E-state index is -3.98. The summed E-state index contributed by atoms with van der Waals surface area (Å²) in [5.41, 5.74) is 3.37. The maximum Gasteiger partial charge on any atom is 0.511 e. The summed E-state index contributed by atoms with van der Waals surface area (Å²) in [5, 5.41) is 12.0. The van der Waals surface area contributed by atoms with E-state index in [0.717, 1.165) is 60.8 Å². The number of carbonyl (C=O) groups is 4. The van der Waals surface area contributed by atoms with Crippen LogP contribution in [0.4, 0.5) is 4.79 Å². The molecule has 0 radical (unpaired) electrons. The van der Waals surface area contributed by atoms with E-state index in [-0.39, 0.29) is 67.5 Å². The number of esters is 3. The van der Waals surface area contributed by atoms with E-state index in [1.54, 1.807) is 0 Å². The van der Waals surface area contributed by atoms with E-state index in [1.807, 2.05) is 121 Å². The van der Waals surface area contributed by atoms with Gasteiger partial charge in [-0.3, -0.25) is 18.9 Å². The van der Waals surface area contributed by atoms with Crippen LogP contribution >= 0.6 is 7.60 Å². The average molecular weight is 1040 g/mol. The predicted octanol–water partition coefficient (Wildman–Crippen LogP) is 12.6. The molecule has 0 saturated heterocycles. The summed E-state index contributed by atoms with van der Waals surface area (Å²) in [6, 6.07) is 37.3. The molecule has 0 amide bonds. The highest BCUT2D eigenvalue weighted by Gasteiger charge is 2.63. The van der Waals surface area contributed by atoms with Gasteiger partial charge in [-0.2, -0.15) is 0 Å². The number of aliphatic hydroxyl groups excluding tert-OH is 1. The Morgan fingerprint density at radius 3 is 1.72 bits per heavy atom. The van der Waals surface area contributed by atoms with E-state index in [4.69, 9.17) is 32.7 Å². The Morgan fingerprint density at radius 2 is 1.12 bits per heavy atom. The maximum atomic E-state index is 14.5. The monoisotopic (exact) mass is 1030 g/mol. The Kier molecular flexibility index (Phi) is 18.9. The van der Waals surface area contributed by atoms with E-state index in [9.17, 15) is 28.8 Å². The molecule has 4 saturated carbocycles. The van der Waals surface area contributed by atoms with Gasteiger partial charge in [0.1, 0.15) is 19.3 Å². The Bertz CT molecular complexity index is 2450. The fourth-order valence-electron chi connectivity index (χ4n) is 13.3. The van der Waals surface area contributed by atoms with Gasteiger partial charge in [-0.25, -0.2) is 4.79 Å². The third-order valence-electron chi connectivity index (χ3n) is 17.3. The van der Waals surface area contributed by atoms with Crippen LogP contribution in [0.25, 0.3) is 0 Å². The van der Waals surface area contributed by atoms with E-state index in [0.29, 0.717) is 56.0 Å². The van der Waals surface area contributed by atoms with Crippen LogP contribution in [0.3, 0.4) is 0 Å². The molecule has 4 fully saturated rings. The molecule has 398 valence electrons. The van der Waals surface area contributed by atoms with Gasteiger partial charge in [-0.05, 0) is 133 Å². The molecule has 4 aliphatic rings.